The van der Waals surface area contributed by atoms with Crippen molar-refractivity contribution in [2.45, 2.75) is 0 Å². The number of hydrogen-bond donors (Lipinski definition) is 3. The van der Waals surface area contributed by atoms with E-state index in [1.54, 1.807) is 6.07 Å². The molecule has 0 amide bonds. The van der Waals surface area contributed by atoms with Crippen molar-refractivity contribution in [3.05, 3.63) is 42.0 Å². The summed E-state index contributed by atoms with van der Waals surface area (Å²) in [6.45, 7) is 0. The molecule has 0 aromatic heterocycles. The topological polar surface area (TPSA) is 56.1 Å². The molecule has 3 N–H and O–H groups in total. The molecule has 1 rings (SSSR count). The summed E-state index contributed by atoms with van der Waals surface area (Å²) >= 11 is 0. The Morgan fingerprint density at radius 2 is 2.31 bits per heavy atom. The van der Waals surface area contributed by atoms with Crippen LogP contribution in [0.15, 0.2) is 36.2 Å². The van der Waals surface area contributed by atoms with E-state index in [1.807, 2.05) is 0 Å². The molecule has 1 aromatic rings. The first-order valence-corrected chi connectivity index (χ1v) is 3.64. The van der Waals surface area contributed by atoms with Crippen LogP contribution in [0.25, 0.3) is 0 Å². The average molecular weight is 180 g/mol. The molecule has 68 valence electrons. The maximum absolute atomic E-state index is 12.6. The SMILES string of the molecule is N=C/C=C(/O)Nc1cccc(F)c1. The molecule has 0 aliphatic carbocycles. The average Bonchev–Trinajstić information content (AvgIpc) is 2.04. The monoisotopic (exact) mass is 180 g/mol. The molecule has 4 heteroatoms. The maximum Gasteiger partial charge on any atom is 0.190 e. The van der Waals surface area contributed by atoms with E-state index in [4.69, 9.17) is 10.5 Å². The summed E-state index contributed by atoms with van der Waals surface area (Å²) in [6.07, 6.45) is 2.09. The lowest BCUT2D eigenvalue weighted by molar-refractivity contribution is 0.420. The predicted molar refractivity (Wildman–Crippen MR) is 49.5 cm³/mol. The van der Waals surface area contributed by atoms with E-state index in [0.717, 1.165) is 12.3 Å². The molecule has 0 aliphatic heterocycles. The summed E-state index contributed by atoms with van der Waals surface area (Å²) in [5, 5.41) is 18.2. The molecule has 0 unspecified atom stereocenters. The van der Waals surface area contributed by atoms with Crippen molar-refractivity contribution < 1.29 is 9.50 Å². The second-order valence-electron chi connectivity index (χ2n) is 2.35. The molecular formula is C9H9FN2O. The number of nitrogens with one attached hydrogen (secondary N) is 2. The minimum Gasteiger partial charge on any atom is -0.495 e. The zero-order chi connectivity index (χ0) is 9.68. The van der Waals surface area contributed by atoms with Gasteiger partial charge < -0.3 is 15.8 Å². The number of anilines is 1. The highest BCUT2D eigenvalue weighted by Crippen LogP contribution is 2.10. The Hall–Kier alpha value is -1.84. The molecule has 1 aromatic carbocycles. The van der Waals surface area contributed by atoms with Crippen LogP contribution in [-0.4, -0.2) is 11.3 Å². The number of aliphatic hydroxyl groups is 1. The Balaban J connectivity index is 2.74. The van der Waals surface area contributed by atoms with Crippen LogP contribution < -0.4 is 5.32 Å². The van der Waals surface area contributed by atoms with Crippen molar-refractivity contribution >= 4 is 11.9 Å². The molecule has 0 saturated carbocycles. The zero-order valence-corrected chi connectivity index (χ0v) is 6.79. The molecule has 3 nitrogen and oxygen atoms in total. The highest BCUT2D eigenvalue weighted by atomic mass is 19.1. The van der Waals surface area contributed by atoms with Gasteiger partial charge in [0, 0.05) is 18.0 Å². The third kappa shape index (κ3) is 2.94. The maximum atomic E-state index is 12.6. The highest BCUT2D eigenvalue weighted by molar-refractivity contribution is 5.69. The third-order valence-corrected chi connectivity index (χ3v) is 1.34. The van der Waals surface area contributed by atoms with Gasteiger partial charge in [0.15, 0.2) is 5.88 Å². The van der Waals surface area contributed by atoms with E-state index in [1.165, 1.54) is 18.2 Å². The predicted octanol–water partition coefficient (Wildman–Crippen LogP) is 2.29. The van der Waals surface area contributed by atoms with Gasteiger partial charge >= 0.3 is 0 Å². The molecule has 0 bridgehead atoms. The summed E-state index contributed by atoms with van der Waals surface area (Å²) in [5.41, 5.74) is 0.440. The smallest absolute Gasteiger partial charge is 0.190 e. The standard InChI is InChI=1S/C9H9FN2O/c10-7-2-1-3-8(6-7)12-9(13)4-5-11/h1-6,11-13H/b9-4+,11-5?. The largest absolute Gasteiger partial charge is 0.495 e. The van der Waals surface area contributed by atoms with Crippen molar-refractivity contribution in [2.75, 3.05) is 5.32 Å². The van der Waals surface area contributed by atoms with Crippen molar-refractivity contribution in [2.24, 2.45) is 0 Å². The van der Waals surface area contributed by atoms with E-state index in [0.29, 0.717) is 5.69 Å². The van der Waals surface area contributed by atoms with Crippen molar-refractivity contribution in [3.8, 4) is 0 Å². The van der Waals surface area contributed by atoms with Gasteiger partial charge in [-0.3, -0.25) is 0 Å². The van der Waals surface area contributed by atoms with Gasteiger partial charge in [-0.25, -0.2) is 4.39 Å². The van der Waals surface area contributed by atoms with Gasteiger partial charge in [-0.1, -0.05) is 6.07 Å². The van der Waals surface area contributed by atoms with Crippen molar-refractivity contribution in [1.82, 2.24) is 0 Å². The Bertz CT molecular complexity index is 336. The van der Waals surface area contributed by atoms with Crippen LogP contribution in [0.4, 0.5) is 10.1 Å². The number of halogens is 1. The number of aliphatic hydroxyl groups excluding tert-OH is 1. The molecule has 0 heterocycles. The summed E-state index contributed by atoms with van der Waals surface area (Å²) in [5.74, 6) is -0.576. The first-order valence-electron chi connectivity index (χ1n) is 3.64. The fourth-order valence-electron chi connectivity index (χ4n) is 0.835. The molecule has 0 atom stereocenters. The molecule has 0 saturated heterocycles. The minimum absolute atomic E-state index is 0.194. The van der Waals surface area contributed by atoms with Crippen LogP contribution in [-0.2, 0) is 0 Å². The molecule has 13 heavy (non-hydrogen) atoms. The number of rotatable bonds is 3. The first-order chi connectivity index (χ1) is 6.22. The summed E-state index contributed by atoms with van der Waals surface area (Å²) < 4.78 is 12.6. The molecule has 0 spiro atoms. The van der Waals surface area contributed by atoms with Gasteiger partial charge in [0.25, 0.3) is 0 Å². The van der Waals surface area contributed by atoms with Crippen LogP contribution in [0.3, 0.4) is 0 Å². The lowest BCUT2D eigenvalue weighted by atomic mass is 10.3. The summed E-state index contributed by atoms with van der Waals surface area (Å²) in [4.78, 5) is 0. The minimum atomic E-state index is -0.382. The Morgan fingerprint density at radius 3 is 2.92 bits per heavy atom. The van der Waals surface area contributed by atoms with Gasteiger partial charge in [0.1, 0.15) is 5.82 Å². The number of allylic oxidation sites excluding steroid dienone is 1. The van der Waals surface area contributed by atoms with E-state index >= 15 is 0 Å². The zero-order valence-electron chi connectivity index (χ0n) is 6.79. The van der Waals surface area contributed by atoms with Crippen molar-refractivity contribution in [1.29, 1.82) is 5.41 Å². The Labute approximate surface area is 75.0 Å². The second kappa shape index (κ2) is 4.25. The first kappa shape index (κ1) is 9.25. The third-order valence-electron chi connectivity index (χ3n) is 1.34. The van der Waals surface area contributed by atoms with Crippen LogP contribution in [0, 0.1) is 11.2 Å². The van der Waals surface area contributed by atoms with Crippen molar-refractivity contribution in [3.63, 3.8) is 0 Å². The van der Waals surface area contributed by atoms with Gasteiger partial charge in [0.2, 0.25) is 0 Å². The Kier molecular flexibility index (Phi) is 3.03. The molecule has 0 aliphatic rings. The van der Waals surface area contributed by atoms with Crippen LogP contribution in [0.2, 0.25) is 0 Å². The lowest BCUT2D eigenvalue weighted by Gasteiger charge is -2.03. The van der Waals surface area contributed by atoms with Crippen LogP contribution in [0.5, 0.6) is 0 Å². The summed E-state index contributed by atoms with van der Waals surface area (Å²) in [7, 11) is 0. The number of benzene rings is 1. The van der Waals surface area contributed by atoms with E-state index in [9.17, 15) is 4.39 Å². The van der Waals surface area contributed by atoms with Gasteiger partial charge in [0.05, 0.1) is 0 Å². The molecular weight excluding hydrogens is 171 g/mol. The van der Waals surface area contributed by atoms with E-state index < -0.39 is 0 Å². The second-order valence-corrected chi connectivity index (χ2v) is 2.35. The number of hydrogen-bond acceptors (Lipinski definition) is 3. The van der Waals surface area contributed by atoms with E-state index in [-0.39, 0.29) is 11.7 Å². The fraction of sp³-hybridized carbons (Fsp3) is 0. The van der Waals surface area contributed by atoms with Gasteiger partial charge in [-0.05, 0) is 18.2 Å². The molecule has 0 fully saturated rings. The normalized spacial score (nSPS) is 11.0. The quantitative estimate of drug-likeness (QED) is 0.493. The van der Waals surface area contributed by atoms with Crippen LogP contribution >= 0.6 is 0 Å². The van der Waals surface area contributed by atoms with Gasteiger partial charge in [-0.15, -0.1) is 0 Å². The lowest BCUT2D eigenvalue weighted by Crippen LogP contribution is -1.98. The Morgan fingerprint density at radius 1 is 1.54 bits per heavy atom. The summed E-state index contributed by atoms with van der Waals surface area (Å²) in [6, 6.07) is 5.68. The van der Waals surface area contributed by atoms with E-state index in [2.05, 4.69) is 5.32 Å². The van der Waals surface area contributed by atoms with Crippen LogP contribution in [0.1, 0.15) is 0 Å². The molecule has 0 radical (unpaired) electrons. The highest BCUT2D eigenvalue weighted by Gasteiger charge is 1.95. The van der Waals surface area contributed by atoms with Gasteiger partial charge in [-0.2, -0.15) is 0 Å². The fourth-order valence-corrected chi connectivity index (χ4v) is 0.835.